The van der Waals surface area contributed by atoms with Crippen molar-refractivity contribution < 1.29 is 14.3 Å². The maximum absolute atomic E-state index is 12.8. The number of aromatic nitrogens is 3. The third-order valence-electron chi connectivity index (χ3n) is 5.98. The number of rotatable bonds is 7. The predicted molar refractivity (Wildman–Crippen MR) is 132 cm³/mol. The van der Waals surface area contributed by atoms with Crippen LogP contribution in [0.15, 0.2) is 48.8 Å². The number of nitrogens with zero attached hydrogens (tertiary/aromatic N) is 4. The summed E-state index contributed by atoms with van der Waals surface area (Å²) < 4.78 is 6.87. The van der Waals surface area contributed by atoms with E-state index in [1.807, 2.05) is 24.3 Å². The monoisotopic (exact) mass is 495 g/mol. The van der Waals surface area contributed by atoms with E-state index >= 15 is 0 Å². The summed E-state index contributed by atoms with van der Waals surface area (Å²) in [6.45, 7) is 1.13. The highest BCUT2D eigenvalue weighted by Crippen LogP contribution is 2.24. The summed E-state index contributed by atoms with van der Waals surface area (Å²) in [6, 6.07) is 9.25. The van der Waals surface area contributed by atoms with Crippen LogP contribution in [0.4, 0.5) is 0 Å². The molecule has 1 aliphatic rings. The largest absolute Gasteiger partial charge is 0.481 e. The van der Waals surface area contributed by atoms with Gasteiger partial charge in [-0.15, -0.1) is 0 Å². The SMILES string of the molecule is COc1cc(/C(N)=C/C(=N)C(=O)N2CCC(C(=O)NCc3cccc4ccnn34)CC2)c(Cl)cn1. The van der Waals surface area contributed by atoms with Crippen LogP contribution in [0.25, 0.3) is 11.2 Å². The number of hydrogen-bond acceptors (Lipinski definition) is 7. The Morgan fingerprint density at radius 1 is 1.31 bits per heavy atom. The van der Waals surface area contributed by atoms with Crippen molar-refractivity contribution in [3.8, 4) is 5.88 Å². The Balaban J connectivity index is 1.31. The Labute approximate surface area is 207 Å². The van der Waals surface area contributed by atoms with Crippen molar-refractivity contribution in [3.63, 3.8) is 0 Å². The fraction of sp³-hybridized carbons (Fsp3) is 0.292. The molecule has 0 aromatic carbocycles. The van der Waals surface area contributed by atoms with Crippen molar-refractivity contribution in [1.82, 2.24) is 24.8 Å². The van der Waals surface area contributed by atoms with Gasteiger partial charge in [-0.25, -0.2) is 9.50 Å². The molecule has 1 aliphatic heterocycles. The fourth-order valence-corrected chi connectivity index (χ4v) is 4.24. The van der Waals surface area contributed by atoms with E-state index in [1.165, 1.54) is 19.4 Å². The van der Waals surface area contributed by atoms with E-state index in [-0.39, 0.29) is 28.3 Å². The molecule has 0 saturated carbocycles. The number of pyridine rings is 2. The van der Waals surface area contributed by atoms with Crippen molar-refractivity contribution in [2.45, 2.75) is 19.4 Å². The predicted octanol–water partition coefficient (Wildman–Crippen LogP) is 2.27. The number of carbonyl (C=O) groups excluding carboxylic acids is 2. The lowest BCUT2D eigenvalue weighted by molar-refractivity contribution is -0.131. The van der Waals surface area contributed by atoms with Gasteiger partial charge in [0.05, 0.1) is 36.1 Å². The molecule has 4 N–H and O–H groups in total. The van der Waals surface area contributed by atoms with E-state index in [1.54, 1.807) is 21.7 Å². The van der Waals surface area contributed by atoms with Gasteiger partial charge in [0.2, 0.25) is 11.8 Å². The molecule has 4 rings (SSSR count). The molecule has 2 amide bonds. The number of amides is 2. The summed E-state index contributed by atoms with van der Waals surface area (Å²) in [4.78, 5) is 31.0. The van der Waals surface area contributed by atoms with Crippen LogP contribution in [0, 0.1) is 11.3 Å². The van der Waals surface area contributed by atoms with Crippen molar-refractivity contribution in [1.29, 1.82) is 5.41 Å². The van der Waals surface area contributed by atoms with Crippen LogP contribution in [0.5, 0.6) is 5.88 Å². The number of nitrogens with two attached hydrogens (primary N) is 1. The molecule has 3 aromatic heterocycles. The molecule has 0 spiro atoms. The summed E-state index contributed by atoms with van der Waals surface area (Å²) in [5, 5.41) is 15.7. The van der Waals surface area contributed by atoms with Gasteiger partial charge in [0.25, 0.3) is 5.91 Å². The number of hydrogen-bond donors (Lipinski definition) is 3. The Kier molecular flexibility index (Phi) is 7.31. The molecule has 0 aliphatic carbocycles. The highest BCUT2D eigenvalue weighted by molar-refractivity contribution is 6.43. The molecule has 10 nitrogen and oxygen atoms in total. The Hall–Kier alpha value is -3.92. The van der Waals surface area contributed by atoms with Crippen LogP contribution >= 0.6 is 11.6 Å². The fourth-order valence-electron chi connectivity index (χ4n) is 4.03. The number of likely N-dealkylation sites (tertiary alicyclic amines) is 1. The minimum atomic E-state index is -0.450. The van der Waals surface area contributed by atoms with Crippen LogP contribution in [0.2, 0.25) is 5.02 Å². The van der Waals surface area contributed by atoms with Gasteiger partial charge in [-0.1, -0.05) is 17.7 Å². The molecule has 1 saturated heterocycles. The van der Waals surface area contributed by atoms with E-state index < -0.39 is 5.91 Å². The molecule has 182 valence electrons. The molecular formula is C24H26ClN7O3. The minimum Gasteiger partial charge on any atom is -0.481 e. The standard InChI is InChI=1S/C24H26ClN7O3/c1-35-22-11-18(19(25)14-28-22)20(26)12-21(27)24(34)31-9-6-15(7-10-31)23(33)29-13-17-4-2-3-16-5-8-30-32(16)17/h2-5,8,11-12,14-15,27H,6-7,9-10,13,26H2,1H3,(H,29,33)/b20-12-,27-21?. The number of carbonyl (C=O) groups is 2. The Morgan fingerprint density at radius 2 is 2.09 bits per heavy atom. The Bertz CT molecular complexity index is 1300. The average Bonchev–Trinajstić information content (AvgIpc) is 3.36. The lowest BCUT2D eigenvalue weighted by Crippen LogP contribution is -2.45. The van der Waals surface area contributed by atoms with Gasteiger partial charge < -0.3 is 20.7 Å². The summed E-state index contributed by atoms with van der Waals surface area (Å²) in [7, 11) is 1.47. The van der Waals surface area contributed by atoms with Gasteiger partial charge in [0.15, 0.2) is 0 Å². The maximum atomic E-state index is 12.8. The van der Waals surface area contributed by atoms with Crippen LogP contribution in [0.3, 0.4) is 0 Å². The number of halogens is 1. The number of nitrogens with one attached hydrogen (secondary N) is 2. The highest BCUT2D eigenvalue weighted by Gasteiger charge is 2.28. The van der Waals surface area contributed by atoms with Gasteiger partial charge in [0, 0.05) is 42.5 Å². The minimum absolute atomic E-state index is 0.0539. The van der Waals surface area contributed by atoms with Gasteiger partial charge in [-0.2, -0.15) is 5.10 Å². The first-order valence-corrected chi connectivity index (χ1v) is 11.5. The third kappa shape index (κ3) is 5.43. The van der Waals surface area contributed by atoms with Gasteiger partial charge in [-0.3, -0.25) is 15.0 Å². The first-order chi connectivity index (χ1) is 16.9. The molecule has 0 atom stereocenters. The maximum Gasteiger partial charge on any atom is 0.271 e. The highest BCUT2D eigenvalue weighted by atomic mass is 35.5. The Morgan fingerprint density at radius 3 is 2.83 bits per heavy atom. The van der Waals surface area contributed by atoms with Crippen molar-refractivity contribution in [2.24, 2.45) is 11.7 Å². The van der Waals surface area contributed by atoms with Crippen molar-refractivity contribution in [3.05, 3.63) is 65.1 Å². The molecule has 11 heteroatoms. The van der Waals surface area contributed by atoms with E-state index in [9.17, 15) is 9.59 Å². The summed E-state index contributed by atoms with van der Waals surface area (Å²) in [5.41, 5.74) is 8.26. The zero-order chi connectivity index (χ0) is 24.9. The first kappa shape index (κ1) is 24.2. The zero-order valence-electron chi connectivity index (χ0n) is 19.2. The number of ether oxygens (including phenoxy) is 1. The number of fused-ring (bicyclic) bond motifs is 1. The van der Waals surface area contributed by atoms with Crippen LogP contribution in [0.1, 0.15) is 24.1 Å². The molecule has 4 heterocycles. The van der Waals surface area contributed by atoms with E-state index in [0.717, 1.165) is 11.2 Å². The number of piperidine rings is 1. The van der Waals surface area contributed by atoms with Crippen molar-refractivity contribution in [2.75, 3.05) is 20.2 Å². The van der Waals surface area contributed by atoms with Gasteiger partial charge in [0.1, 0.15) is 5.71 Å². The first-order valence-electron chi connectivity index (χ1n) is 11.1. The van der Waals surface area contributed by atoms with Crippen LogP contribution in [-0.4, -0.2) is 57.2 Å². The second-order valence-electron chi connectivity index (χ2n) is 8.19. The lowest BCUT2D eigenvalue weighted by atomic mass is 9.95. The smallest absolute Gasteiger partial charge is 0.271 e. The number of methoxy groups -OCH3 is 1. The molecule has 35 heavy (non-hydrogen) atoms. The van der Waals surface area contributed by atoms with Crippen LogP contribution in [-0.2, 0) is 16.1 Å². The van der Waals surface area contributed by atoms with Gasteiger partial charge in [-0.05, 0) is 37.1 Å². The third-order valence-corrected chi connectivity index (χ3v) is 6.28. The van der Waals surface area contributed by atoms with E-state index in [2.05, 4.69) is 15.4 Å². The van der Waals surface area contributed by atoms with E-state index in [4.69, 9.17) is 27.5 Å². The molecule has 1 fully saturated rings. The van der Waals surface area contributed by atoms with Crippen LogP contribution < -0.4 is 15.8 Å². The van der Waals surface area contributed by atoms with Gasteiger partial charge >= 0.3 is 0 Å². The average molecular weight is 496 g/mol. The second-order valence-corrected chi connectivity index (χ2v) is 8.60. The summed E-state index contributed by atoms with van der Waals surface area (Å²) in [5.74, 6) is -0.384. The summed E-state index contributed by atoms with van der Waals surface area (Å²) in [6.07, 6.45) is 5.42. The molecule has 0 radical (unpaired) electrons. The second kappa shape index (κ2) is 10.6. The lowest BCUT2D eigenvalue weighted by Gasteiger charge is -2.31. The molecule has 0 bridgehead atoms. The quantitative estimate of drug-likeness (QED) is 0.430. The van der Waals surface area contributed by atoms with E-state index in [0.29, 0.717) is 43.9 Å². The molecular weight excluding hydrogens is 470 g/mol. The molecule has 3 aromatic rings. The summed E-state index contributed by atoms with van der Waals surface area (Å²) >= 11 is 6.15. The topological polar surface area (TPSA) is 139 Å². The normalized spacial score (nSPS) is 14.7. The molecule has 0 unspecified atom stereocenters. The zero-order valence-corrected chi connectivity index (χ0v) is 20.0. The van der Waals surface area contributed by atoms with Crippen molar-refractivity contribution >= 4 is 40.3 Å².